The van der Waals surface area contributed by atoms with Crippen molar-refractivity contribution in [3.05, 3.63) is 89.7 Å². The summed E-state index contributed by atoms with van der Waals surface area (Å²) in [5.74, 6) is 1.04. The summed E-state index contributed by atoms with van der Waals surface area (Å²) in [4.78, 5) is 6.73. The number of fused-ring (bicyclic) bond motifs is 2. The Kier molecular flexibility index (Phi) is 3.91. The number of nitrogens with zero attached hydrogens (tertiary/aromatic N) is 4. The fourth-order valence-electron chi connectivity index (χ4n) is 4.08. The van der Waals surface area contributed by atoms with Crippen LogP contribution in [0.15, 0.2) is 73.1 Å². The van der Waals surface area contributed by atoms with E-state index in [1.165, 1.54) is 27.5 Å². The highest BCUT2D eigenvalue weighted by Crippen LogP contribution is 2.35. The maximum Gasteiger partial charge on any atom is 0.181 e. The van der Waals surface area contributed by atoms with Gasteiger partial charge in [-0.15, -0.1) is 5.10 Å². The van der Waals surface area contributed by atoms with E-state index >= 15 is 0 Å². The largest absolute Gasteiger partial charge is 0.301 e. The molecule has 0 fully saturated rings. The van der Waals surface area contributed by atoms with Gasteiger partial charge < -0.3 is 4.90 Å². The summed E-state index contributed by atoms with van der Waals surface area (Å²) in [5.41, 5.74) is 5.13. The summed E-state index contributed by atoms with van der Waals surface area (Å²) in [6, 6.07) is 22.0. The fourth-order valence-corrected chi connectivity index (χ4v) is 4.08. The van der Waals surface area contributed by atoms with Crippen molar-refractivity contribution in [3.63, 3.8) is 0 Å². The first-order chi connectivity index (χ1) is 13.3. The molecular weight excluding hydrogens is 332 g/mol. The SMILES string of the molecule is CN1Cc2cc(-c3nccnn3)ccc2C(c2ccc3ccccc3c2)C1. The Hall–Kier alpha value is -3.11. The van der Waals surface area contributed by atoms with Crippen molar-refractivity contribution in [2.45, 2.75) is 12.5 Å². The van der Waals surface area contributed by atoms with Crippen molar-refractivity contribution in [3.8, 4) is 11.4 Å². The van der Waals surface area contributed by atoms with Crippen LogP contribution in [-0.4, -0.2) is 33.7 Å². The molecule has 132 valence electrons. The molecule has 1 unspecified atom stereocenters. The average molecular weight is 352 g/mol. The third kappa shape index (κ3) is 2.98. The van der Waals surface area contributed by atoms with Gasteiger partial charge in [0.25, 0.3) is 0 Å². The highest BCUT2D eigenvalue weighted by atomic mass is 15.1. The molecule has 27 heavy (non-hydrogen) atoms. The maximum absolute atomic E-state index is 4.34. The van der Waals surface area contributed by atoms with Gasteiger partial charge in [0.15, 0.2) is 5.82 Å². The standard InChI is InChI=1S/C23H20N4/c1-27-14-20-13-19(23-24-10-11-25-26-23)8-9-21(20)22(15-27)18-7-6-16-4-2-3-5-17(16)12-18/h2-13,22H,14-15H2,1H3. The molecule has 0 N–H and O–H groups in total. The first-order valence-electron chi connectivity index (χ1n) is 9.22. The van der Waals surface area contributed by atoms with Crippen LogP contribution in [0.4, 0.5) is 0 Å². The Morgan fingerprint density at radius 1 is 0.926 bits per heavy atom. The molecule has 0 amide bonds. The summed E-state index contributed by atoms with van der Waals surface area (Å²) >= 11 is 0. The first kappa shape index (κ1) is 16.1. The van der Waals surface area contributed by atoms with E-state index in [4.69, 9.17) is 0 Å². The number of hydrogen-bond donors (Lipinski definition) is 0. The molecule has 0 saturated heterocycles. The summed E-state index contributed by atoms with van der Waals surface area (Å²) in [6.07, 6.45) is 3.29. The minimum Gasteiger partial charge on any atom is -0.301 e. The lowest BCUT2D eigenvalue weighted by Crippen LogP contribution is -2.31. The minimum atomic E-state index is 0.368. The van der Waals surface area contributed by atoms with Crippen molar-refractivity contribution in [1.29, 1.82) is 0 Å². The second kappa shape index (κ2) is 6.56. The molecule has 0 aliphatic carbocycles. The zero-order chi connectivity index (χ0) is 18.2. The van der Waals surface area contributed by atoms with Gasteiger partial charge >= 0.3 is 0 Å². The number of benzene rings is 3. The van der Waals surface area contributed by atoms with Crippen LogP contribution in [0.2, 0.25) is 0 Å². The van der Waals surface area contributed by atoms with Gasteiger partial charge in [0.2, 0.25) is 0 Å². The van der Waals surface area contributed by atoms with Crippen LogP contribution in [-0.2, 0) is 6.54 Å². The third-order valence-electron chi connectivity index (χ3n) is 5.37. The quantitative estimate of drug-likeness (QED) is 0.540. The number of rotatable bonds is 2. The number of likely N-dealkylation sites (N-methyl/N-ethyl adjacent to an activating group) is 1. The molecule has 3 aromatic carbocycles. The molecule has 0 radical (unpaired) electrons. The number of aromatic nitrogens is 3. The van der Waals surface area contributed by atoms with Crippen molar-refractivity contribution < 1.29 is 0 Å². The molecule has 0 bridgehead atoms. The van der Waals surface area contributed by atoms with Crippen molar-refractivity contribution in [2.24, 2.45) is 0 Å². The lowest BCUT2D eigenvalue weighted by molar-refractivity contribution is 0.295. The van der Waals surface area contributed by atoms with E-state index < -0.39 is 0 Å². The van der Waals surface area contributed by atoms with E-state index in [2.05, 4.69) is 87.8 Å². The smallest absolute Gasteiger partial charge is 0.181 e. The maximum atomic E-state index is 4.34. The molecule has 4 aromatic rings. The molecule has 0 spiro atoms. The van der Waals surface area contributed by atoms with Gasteiger partial charge in [-0.1, -0.05) is 54.6 Å². The summed E-state index contributed by atoms with van der Waals surface area (Å²) in [6.45, 7) is 1.96. The monoisotopic (exact) mass is 352 g/mol. The van der Waals surface area contributed by atoms with Crippen molar-refractivity contribution >= 4 is 10.8 Å². The van der Waals surface area contributed by atoms with Crippen molar-refractivity contribution in [1.82, 2.24) is 20.1 Å². The Balaban J connectivity index is 1.59. The predicted molar refractivity (Wildman–Crippen MR) is 107 cm³/mol. The van der Waals surface area contributed by atoms with E-state index in [-0.39, 0.29) is 0 Å². The molecule has 1 aliphatic rings. The molecule has 1 aliphatic heterocycles. The predicted octanol–water partition coefficient (Wildman–Crippen LogP) is 4.27. The van der Waals surface area contributed by atoms with Crippen LogP contribution in [0.25, 0.3) is 22.2 Å². The van der Waals surface area contributed by atoms with Crippen LogP contribution >= 0.6 is 0 Å². The Morgan fingerprint density at radius 3 is 2.67 bits per heavy atom. The first-order valence-corrected chi connectivity index (χ1v) is 9.22. The van der Waals surface area contributed by atoms with Crippen LogP contribution in [0, 0.1) is 0 Å². The summed E-state index contributed by atoms with van der Waals surface area (Å²) in [7, 11) is 2.18. The Morgan fingerprint density at radius 2 is 1.81 bits per heavy atom. The second-order valence-electron chi connectivity index (χ2n) is 7.24. The molecule has 1 aromatic heterocycles. The van der Waals surface area contributed by atoms with E-state index in [9.17, 15) is 0 Å². The van der Waals surface area contributed by atoms with E-state index in [0.29, 0.717) is 11.7 Å². The normalized spacial score (nSPS) is 17.0. The Bertz CT molecular complexity index is 1110. The van der Waals surface area contributed by atoms with Gasteiger partial charge in [0.05, 0.1) is 6.20 Å². The fraction of sp³-hybridized carbons (Fsp3) is 0.174. The highest BCUT2D eigenvalue weighted by molar-refractivity contribution is 5.83. The highest BCUT2D eigenvalue weighted by Gasteiger charge is 2.25. The third-order valence-corrected chi connectivity index (χ3v) is 5.37. The van der Waals surface area contributed by atoms with E-state index in [1.54, 1.807) is 12.4 Å². The molecule has 2 heterocycles. The molecule has 5 rings (SSSR count). The summed E-state index contributed by atoms with van der Waals surface area (Å²) in [5, 5.41) is 10.7. The zero-order valence-electron chi connectivity index (χ0n) is 15.2. The second-order valence-corrected chi connectivity index (χ2v) is 7.24. The van der Waals surface area contributed by atoms with Crippen molar-refractivity contribution in [2.75, 3.05) is 13.6 Å². The van der Waals surface area contributed by atoms with Gasteiger partial charge in [0.1, 0.15) is 0 Å². The van der Waals surface area contributed by atoms with E-state index in [0.717, 1.165) is 18.7 Å². The van der Waals surface area contributed by atoms with Crippen LogP contribution in [0.1, 0.15) is 22.6 Å². The lowest BCUT2D eigenvalue weighted by Gasteiger charge is -2.33. The summed E-state index contributed by atoms with van der Waals surface area (Å²) < 4.78 is 0. The van der Waals surface area contributed by atoms with E-state index in [1.807, 2.05) is 0 Å². The van der Waals surface area contributed by atoms with Gasteiger partial charge in [0, 0.05) is 30.8 Å². The molecule has 0 saturated carbocycles. The van der Waals surface area contributed by atoms with Crippen LogP contribution in [0.5, 0.6) is 0 Å². The Labute approximate surface area is 158 Å². The molecule has 4 nitrogen and oxygen atoms in total. The minimum absolute atomic E-state index is 0.368. The molecular formula is C23H20N4. The topological polar surface area (TPSA) is 41.9 Å². The van der Waals surface area contributed by atoms with Crippen LogP contribution < -0.4 is 0 Å². The average Bonchev–Trinajstić information content (AvgIpc) is 2.73. The van der Waals surface area contributed by atoms with Gasteiger partial charge in [-0.2, -0.15) is 5.10 Å². The lowest BCUT2D eigenvalue weighted by atomic mass is 9.83. The molecule has 4 heteroatoms. The van der Waals surface area contributed by atoms with Gasteiger partial charge in [-0.25, -0.2) is 4.98 Å². The van der Waals surface area contributed by atoms with Gasteiger partial charge in [-0.3, -0.25) is 0 Å². The molecule has 1 atom stereocenters. The van der Waals surface area contributed by atoms with Gasteiger partial charge in [-0.05, 0) is 40.6 Å². The number of hydrogen-bond acceptors (Lipinski definition) is 4. The zero-order valence-corrected chi connectivity index (χ0v) is 15.2. The van der Waals surface area contributed by atoms with Crippen LogP contribution in [0.3, 0.4) is 0 Å².